The lowest BCUT2D eigenvalue weighted by Gasteiger charge is -2.32. The molecule has 0 radical (unpaired) electrons. The molecule has 1 heterocycles. The highest BCUT2D eigenvalue weighted by Crippen LogP contribution is 2.32. The van der Waals surface area contributed by atoms with Gasteiger partial charge in [0, 0.05) is 19.6 Å². The third-order valence-corrected chi connectivity index (χ3v) is 4.98. The summed E-state index contributed by atoms with van der Waals surface area (Å²) >= 11 is 0. The number of hydrogen-bond acceptors (Lipinski definition) is 7. The van der Waals surface area contributed by atoms with Gasteiger partial charge >= 0.3 is 18.2 Å². The van der Waals surface area contributed by atoms with Gasteiger partial charge in [0.1, 0.15) is 11.2 Å². The van der Waals surface area contributed by atoms with Gasteiger partial charge in [0.15, 0.2) is 0 Å². The van der Waals surface area contributed by atoms with Gasteiger partial charge < -0.3 is 19.1 Å². The maximum absolute atomic E-state index is 13.0. The second-order valence-corrected chi connectivity index (χ2v) is 10.2. The zero-order valence-electron chi connectivity index (χ0n) is 21.0. The molecular formula is C24H37N3O6. The number of carbonyl (C=O) groups is 3. The molecule has 33 heavy (non-hydrogen) atoms. The number of esters is 1. The summed E-state index contributed by atoms with van der Waals surface area (Å²) in [5.41, 5.74) is -0.100. The van der Waals surface area contributed by atoms with Crippen molar-refractivity contribution in [3.63, 3.8) is 0 Å². The Labute approximate surface area is 196 Å². The zero-order chi connectivity index (χ0) is 25.0. The smallest absolute Gasteiger partial charge is 0.412 e. The minimum absolute atomic E-state index is 0.196. The largest absolute Gasteiger partial charge is 0.465 e. The molecule has 184 valence electrons. The van der Waals surface area contributed by atoms with Crippen LogP contribution in [-0.2, 0) is 14.2 Å². The first-order valence-corrected chi connectivity index (χ1v) is 11.1. The number of methoxy groups -OCH3 is 1. The predicted octanol–water partition coefficient (Wildman–Crippen LogP) is 4.43. The Bertz CT molecular complexity index is 872. The highest BCUT2D eigenvalue weighted by atomic mass is 16.6. The summed E-state index contributed by atoms with van der Waals surface area (Å²) in [7, 11) is 3.28. The van der Waals surface area contributed by atoms with Crippen molar-refractivity contribution in [3.05, 3.63) is 29.3 Å². The number of nitrogens with zero attached hydrogens (tertiary/aromatic N) is 2. The van der Waals surface area contributed by atoms with Gasteiger partial charge in [0.05, 0.1) is 24.4 Å². The fourth-order valence-electron chi connectivity index (χ4n) is 3.50. The lowest BCUT2D eigenvalue weighted by Crippen LogP contribution is -2.40. The Morgan fingerprint density at radius 1 is 0.970 bits per heavy atom. The third-order valence-electron chi connectivity index (χ3n) is 4.98. The molecule has 0 aromatic heterocycles. The Kier molecular flexibility index (Phi) is 8.35. The summed E-state index contributed by atoms with van der Waals surface area (Å²) in [5.74, 6) is -0.586. The van der Waals surface area contributed by atoms with Crippen LogP contribution in [-0.4, -0.2) is 72.9 Å². The fourth-order valence-corrected chi connectivity index (χ4v) is 3.50. The van der Waals surface area contributed by atoms with Crippen molar-refractivity contribution in [1.82, 2.24) is 9.80 Å². The van der Waals surface area contributed by atoms with Crippen LogP contribution in [0.3, 0.4) is 0 Å². The van der Waals surface area contributed by atoms with Crippen molar-refractivity contribution in [2.24, 2.45) is 0 Å². The number of rotatable bonds is 3. The molecule has 2 rings (SSSR count). The Balaban J connectivity index is 2.44. The SMILES string of the molecule is COC(=O)c1ccc(C2CCN(C)CCN2C(=O)OC(C)(C)C)cc1NC(=O)OC(C)(C)C. The highest BCUT2D eigenvalue weighted by Gasteiger charge is 2.32. The molecule has 0 saturated carbocycles. The number of nitrogens with one attached hydrogen (secondary N) is 1. The molecule has 1 aliphatic rings. The summed E-state index contributed by atoms with van der Waals surface area (Å²) in [5, 5.41) is 2.66. The Hall–Kier alpha value is -2.81. The molecule has 1 aliphatic heterocycles. The number of likely N-dealkylation sites (N-methyl/N-ethyl adjacent to an activating group) is 1. The Morgan fingerprint density at radius 2 is 1.61 bits per heavy atom. The molecule has 1 N–H and O–H groups in total. The van der Waals surface area contributed by atoms with Crippen LogP contribution in [0.1, 0.15) is 69.9 Å². The molecule has 1 unspecified atom stereocenters. The number of ether oxygens (including phenoxy) is 3. The summed E-state index contributed by atoms with van der Waals surface area (Å²) < 4.78 is 15.9. The summed E-state index contributed by atoms with van der Waals surface area (Å²) in [6.45, 7) is 12.7. The fraction of sp³-hybridized carbons (Fsp3) is 0.625. The van der Waals surface area contributed by atoms with Gasteiger partial charge in [-0.05, 0) is 72.7 Å². The number of carbonyl (C=O) groups excluding carboxylic acids is 3. The van der Waals surface area contributed by atoms with Crippen molar-refractivity contribution in [2.45, 2.75) is 65.2 Å². The first-order valence-electron chi connectivity index (χ1n) is 11.1. The van der Waals surface area contributed by atoms with Crippen molar-refractivity contribution in [1.29, 1.82) is 0 Å². The molecule has 1 fully saturated rings. The van der Waals surface area contributed by atoms with Crippen molar-refractivity contribution < 1.29 is 28.6 Å². The lowest BCUT2D eigenvalue weighted by molar-refractivity contribution is 0.0168. The summed E-state index contributed by atoms with van der Waals surface area (Å²) in [6, 6.07) is 4.77. The summed E-state index contributed by atoms with van der Waals surface area (Å²) in [4.78, 5) is 41.6. The van der Waals surface area contributed by atoms with Crippen molar-refractivity contribution in [2.75, 3.05) is 39.1 Å². The van der Waals surface area contributed by atoms with Gasteiger partial charge in [-0.3, -0.25) is 10.2 Å². The minimum atomic E-state index is -0.702. The van der Waals surface area contributed by atoms with E-state index in [1.165, 1.54) is 7.11 Å². The van der Waals surface area contributed by atoms with Gasteiger partial charge in [-0.1, -0.05) is 6.07 Å². The molecule has 0 aliphatic carbocycles. The molecule has 1 saturated heterocycles. The minimum Gasteiger partial charge on any atom is -0.465 e. The van der Waals surface area contributed by atoms with E-state index in [0.717, 1.165) is 12.1 Å². The molecular weight excluding hydrogens is 426 g/mol. The van der Waals surface area contributed by atoms with Gasteiger partial charge in [0.25, 0.3) is 0 Å². The van der Waals surface area contributed by atoms with E-state index in [0.29, 0.717) is 19.5 Å². The molecule has 0 spiro atoms. The van der Waals surface area contributed by atoms with Crippen molar-refractivity contribution >= 4 is 23.8 Å². The number of benzene rings is 1. The van der Waals surface area contributed by atoms with E-state index in [9.17, 15) is 14.4 Å². The maximum atomic E-state index is 13.0. The van der Waals surface area contributed by atoms with Crippen LogP contribution in [0.2, 0.25) is 0 Å². The van der Waals surface area contributed by atoms with Crippen LogP contribution in [0, 0.1) is 0 Å². The quantitative estimate of drug-likeness (QED) is 0.523. The van der Waals surface area contributed by atoms with Crippen LogP contribution in [0.4, 0.5) is 15.3 Å². The Morgan fingerprint density at radius 3 is 2.18 bits per heavy atom. The van der Waals surface area contributed by atoms with Crippen LogP contribution in [0.5, 0.6) is 0 Å². The van der Waals surface area contributed by atoms with Crippen molar-refractivity contribution in [3.8, 4) is 0 Å². The second kappa shape index (κ2) is 10.4. The van der Waals surface area contributed by atoms with Crippen LogP contribution in [0.15, 0.2) is 18.2 Å². The van der Waals surface area contributed by atoms with E-state index >= 15 is 0 Å². The van der Waals surface area contributed by atoms with Crippen LogP contribution in [0.25, 0.3) is 0 Å². The molecule has 1 aromatic rings. The van der Waals surface area contributed by atoms with E-state index in [1.807, 2.05) is 27.8 Å². The van der Waals surface area contributed by atoms with Crippen LogP contribution < -0.4 is 5.32 Å². The van der Waals surface area contributed by atoms with Gasteiger partial charge in [-0.2, -0.15) is 0 Å². The average molecular weight is 464 g/mol. The molecule has 0 bridgehead atoms. The summed E-state index contributed by atoms with van der Waals surface area (Å²) in [6.07, 6.45) is -0.421. The zero-order valence-corrected chi connectivity index (χ0v) is 21.0. The lowest BCUT2D eigenvalue weighted by atomic mass is 9.99. The number of anilines is 1. The molecule has 9 heteroatoms. The third kappa shape index (κ3) is 7.92. The monoisotopic (exact) mass is 463 g/mol. The maximum Gasteiger partial charge on any atom is 0.412 e. The van der Waals surface area contributed by atoms with E-state index in [2.05, 4.69) is 10.2 Å². The van der Waals surface area contributed by atoms with E-state index in [4.69, 9.17) is 14.2 Å². The first-order chi connectivity index (χ1) is 15.2. The second-order valence-electron chi connectivity index (χ2n) is 10.2. The van der Waals surface area contributed by atoms with E-state index in [-0.39, 0.29) is 17.3 Å². The number of amides is 2. The standard InChI is InChI=1S/C24H37N3O6/c1-23(2,3)32-21(29)25-18-15-16(9-10-17(18)20(28)31-8)19-11-12-26(7)13-14-27(19)22(30)33-24(4,5)6/h9-10,15,19H,11-14H2,1-8H3,(H,25,29). The molecule has 1 aromatic carbocycles. The topological polar surface area (TPSA) is 97.4 Å². The van der Waals surface area contributed by atoms with E-state index < -0.39 is 29.4 Å². The first kappa shape index (κ1) is 26.4. The van der Waals surface area contributed by atoms with E-state index in [1.54, 1.807) is 43.9 Å². The molecule has 1 atom stereocenters. The molecule has 9 nitrogen and oxygen atoms in total. The number of hydrogen-bond donors (Lipinski definition) is 1. The average Bonchev–Trinajstić information content (AvgIpc) is 2.86. The van der Waals surface area contributed by atoms with Crippen LogP contribution >= 0.6 is 0 Å². The predicted molar refractivity (Wildman–Crippen MR) is 125 cm³/mol. The van der Waals surface area contributed by atoms with Gasteiger partial charge in [-0.15, -0.1) is 0 Å². The van der Waals surface area contributed by atoms with Gasteiger partial charge in [-0.25, -0.2) is 14.4 Å². The highest BCUT2D eigenvalue weighted by molar-refractivity contribution is 6.00. The normalized spacial score (nSPS) is 17.7. The van der Waals surface area contributed by atoms with Gasteiger partial charge in [0.2, 0.25) is 0 Å². The molecule has 2 amide bonds.